The summed E-state index contributed by atoms with van der Waals surface area (Å²) in [6.45, 7) is 6.88. The van der Waals surface area contributed by atoms with Gasteiger partial charge >= 0.3 is 6.09 Å². The maximum absolute atomic E-state index is 13.1. The molecule has 8 heteroatoms. The molecule has 0 fully saturated rings. The number of benzene rings is 1. The number of rotatable bonds is 21. The van der Waals surface area contributed by atoms with Gasteiger partial charge in [0, 0.05) is 6.42 Å². The molecule has 0 spiro atoms. The predicted octanol–water partition coefficient (Wildman–Crippen LogP) is 5.41. The lowest BCUT2D eigenvalue weighted by Crippen LogP contribution is -2.56. The lowest BCUT2D eigenvalue weighted by atomic mass is 9.98. The van der Waals surface area contributed by atoms with Crippen LogP contribution in [0.3, 0.4) is 0 Å². The SMILES string of the molecule is CCCCCCCCCCCCCC[C@@H](O)[C@H](O)[C@@H](CO)NC(=O)[C@H](Cc1ccccc1)NC(=O)OC(C)(C)C. The summed E-state index contributed by atoms with van der Waals surface area (Å²) in [4.78, 5) is 25.5. The normalized spacial score (nSPS) is 14.7. The van der Waals surface area contributed by atoms with Gasteiger partial charge in [0.2, 0.25) is 5.91 Å². The van der Waals surface area contributed by atoms with Gasteiger partial charge in [-0.15, -0.1) is 0 Å². The molecule has 1 rings (SSSR count). The summed E-state index contributed by atoms with van der Waals surface area (Å²) in [5.74, 6) is -0.578. The van der Waals surface area contributed by atoms with Crippen LogP contribution < -0.4 is 10.6 Å². The van der Waals surface area contributed by atoms with Crippen LogP contribution in [0.5, 0.6) is 0 Å². The van der Waals surface area contributed by atoms with Crippen molar-refractivity contribution in [3.05, 3.63) is 35.9 Å². The first-order chi connectivity index (χ1) is 19.1. The Morgan fingerprint density at radius 1 is 0.825 bits per heavy atom. The zero-order valence-electron chi connectivity index (χ0n) is 25.4. The Hall–Kier alpha value is -2.16. The van der Waals surface area contributed by atoms with Crippen LogP contribution in [0.4, 0.5) is 4.79 Å². The van der Waals surface area contributed by atoms with Gasteiger partial charge in [0.25, 0.3) is 0 Å². The van der Waals surface area contributed by atoms with E-state index < -0.39 is 48.5 Å². The zero-order valence-corrected chi connectivity index (χ0v) is 25.4. The van der Waals surface area contributed by atoms with Gasteiger partial charge in [0.1, 0.15) is 17.7 Å². The van der Waals surface area contributed by atoms with Gasteiger partial charge in [-0.3, -0.25) is 4.79 Å². The van der Waals surface area contributed by atoms with Crippen molar-refractivity contribution in [1.82, 2.24) is 10.6 Å². The first-order valence-electron chi connectivity index (χ1n) is 15.4. The van der Waals surface area contributed by atoms with Crippen molar-refractivity contribution in [2.75, 3.05) is 6.61 Å². The first-order valence-corrected chi connectivity index (χ1v) is 15.4. The molecule has 0 aromatic heterocycles. The topological polar surface area (TPSA) is 128 Å². The van der Waals surface area contributed by atoms with Crippen LogP contribution in [0.2, 0.25) is 0 Å². The molecule has 0 aliphatic rings. The summed E-state index contributed by atoms with van der Waals surface area (Å²) in [5.41, 5.74) is 0.0893. The molecule has 0 heterocycles. The number of carbonyl (C=O) groups is 2. The standard InChI is InChI=1S/C32H56N2O6/c1-5-6-7-8-9-10-11-12-13-14-15-19-22-28(36)29(37)27(24-35)33-30(38)26(23-25-20-17-16-18-21-25)34-31(39)40-32(2,3)4/h16-18,20-21,26-29,35-37H,5-15,19,22-24H2,1-4H3,(H,33,38)(H,34,39)/t26-,27+,28+,29+/m0/s1. The maximum atomic E-state index is 13.1. The number of hydrogen-bond donors (Lipinski definition) is 5. The highest BCUT2D eigenvalue weighted by molar-refractivity contribution is 5.86. The fourth-order valence-electron chi connectivity index (χ4n) is 4.66. The van der Waals surface area contributed by atoms with Gasteiger partial charge in [-0.2, -0.15) is 0 Å². The first kappa shape index (κ1) is 35.9. The fourth-order valence-corrected chi connectivity index (χ4v) is 4.66. The summed E-state index contributed by atoms with van der Waals surface area (Å²) in [5, 5.41) is 36.3. The van der Waals surface area contributed by atoms with Crippen molar-refractivity contribution in [3.63, 3.8) is 0 Å². The molecule has 2 amide bonds. The van der Waals surface area contributed by atoms with E-state index in [9.17, 15) is 24.9 Å². The molecule has 1 aromatic carbocycles. The van der Waals surface area contributed by atoms with Crippen LogP contribution in [0.15, 0.2) is 30.3 Å². The smallest absolute Gasteiger partial charge is 0.408 e. The lowest BCUT2D eigenvalue weighted by Gasteiger charge is -2.29. The molecule has 0 radical (unpaired) electrons. The highest BCUT2D eigenvalue weighted by Crippen LogP contribution is 2.15. The van der Waals surface area contributed by atoms with Crippen molar-refractivity contribution in [2.24, 2.45) is 0 Å². The summed E-state index contributed by atoms with van der Waals surface area (Å²) in [7, 11) is 0. The quantitative estimate of drug-likeness (QED) is 0.127. The molecule has 5 N–H and O–H groups in total. The van der Waals surface area contributed by atoms with Crippen LogP contribution in [-0.2, 0) is 16.0 Å². The van der Waals surface area contributed by atoms with Gasteiger partial charge in [-0.05, 0) is 32.8 Å². The third kappa shape index (κ3) is 16.8. The number of carbonyl (C=O) groups excluding carboxylic acids is 2. The van der Waals surface area contributed by atoms with Crippen LogP contribution in [0.25, 0.3) is 0 Å². The number of alkyl carbamates (subject to hydrolysis) is 1. The molecule has 0 aliphatic heterocycles. The maximum Gasteiger partial charge on any atom is 0.408 e. The molecule has 0 bridgehead atoms. The monoisotopic (exact) mass is 564 g/mol. The number of aliphatic hydroxyl groups excluding tert-OH is 3. The highest BCUT2D eigenvalue weighted by Gasteiger charge is 2.31. The van der Waals surface area contributed by atoms with E-state index in [1.807, 2.05) is 30.3 Å². The number of ether oxygens (including phenoxy) is 1. The second-order valence-electron chi connectivity index (χ2n) is 11.9. The molecular weight excluding hydrogens is 508 g/mol. The van der Waals surface area contributed by atoms with E-state index >= 15 is 0 Å². The van der Waals surface area contributed by atoms with Crippen molar-refractivity contribution in [1.29, 1.82) is 0 Å². The summed E-state index contributed by atoms with van der Waals surface area (Å²) in [6, 6.07) is 7.15. The summed E-state index contributed by atoms with van der Waals surface area (Å²) in [6.07, 6.45) is 11.9. The molecule has 8 nitrogen and oxygen atoms in total. The minimum absolute atomic E-state index is 0.196. The van der Waals surface area contributed by atoms with Gasteiger partial charge in [0.05, 0.1) is 18.8 Å². The van der Waals surface area contributed by atoms with Gasteiger partial charge < -0.3 is 30.7 Å². The number of unbranched alkanes of at least 4 members (excludes halogenated alkanes) is 11. The van der Waals surface area contributed by atoms with E-state index in [0.717, 1.165) is 24.8 Å². The molecule has 0 aliphatic carbocycles. The van der Waals surface area contributed by atoms with Gasteiger partial charge in [0.15, 0.2) is 0 Å². The second-order valence-corrected chi connectivity index (χ2v) is 11.9. The van der Waals surface area contributed by atoms with Crippen LogP contribution in [0, 0.1) is 0 Å². The molecule has 230 valence electrons. The zero-order chi connectivity index (χ0) is 29.8. The predicted molar refractivity (Wildman–Crippen MR) is 160 cm³/mol. The lowest BCUT2D eigenvalue weighted by molar-refractivity contribution is -0.126. The summed E-state index contributed by atoms with van der Waals surface area (Å²) >= 11 is 0. The molecular formula is C32H56N2O6. The highest BCUT2D eigenvalue weighted by atomic mass is 16.6. The van der Waals surface area contributed by atoms with Gasteiger partial charge in [-0.25, -0.2) is 4.79 Å². The Morgan fingerprint density at radius 2 is 1.35 bits per heavy atom. The fraction of sp³-hybridized carbons (Fsp3) is 0.750. The third-order valence-electron chi connectivity index (χ3n) is 6.97. The molecule has 0 saturated carbocycles. The number of hydrogen-bond acceptors (Lipinski definition) is 6. The molecule has 0 unspecified atom stereocenters. The Bertz CT molecular complexity index is 798. The van der Waals surface area contributed by atoms with E-state index in [1.54, 1.807) is 20.8 Å². The average molecular weight is 565 g/mol. The Labute approximate surface area is 242 Å². The third-order valence-corrected chi connectivity index (χ3v) is 6.97. The Balaban J connectivity index is 2.49. The molecule has 1 aromatic rings. The van der Waals surface area contributed by atoms with E-state index in [2.05, 4.69) is 17.6 Å². The number of aliphatic hydroxyl groups is 3. The van der Waals surface area contributed by atoms with Crippen LogP contribution in [-0.4, -0.2) is 63.8 Å². The summed E-state index contributed by atoms with van der Waals surface area (Å²) < 4.78 is 5.31. The van der Waals surface area contributed by atoms with E-state index in [1.165, 1.54) is 57.8 Å². The second kappa shape index (κ2) is 20.7. The van der Waals surface area contributed by atoms with Crippen LogP contribution in [0.1, 0.15) is 117 Å². The van der Waals surface area contributed by atoms with Crippen molar-refractivity contribution in [2.45, 2.75) is 147 Å². The minimum Gasteiger partial charge on any atom is -0.444 e. The molecule has 4 atom stereocenters. The van der Waals surface area contributed by atoms with Crippen LogP contribution >= 0.6 is 0 Å². The van der Waals surface area contributed by atoms with E-state index in [-0.39, 0.29) is 6.42 Å². The Kier molecular flexibility index (Phi) is 18.5. The molecule has 40 heavy (non-hydrogen) atoms. The van der Waals surface area contributed by atoms with E-state index in [0.29, 0.717) is 6.42 Å². The number of amides is 2. The largest absolute Gasteiger partial charge is 0.444 e. The van der Waals surface area contributed by atoms with Crippen molar-refractivity contribution < 1.29 is 29.6 Å². The molecule has 0 saturated heterocycles. The average Bonchev–Trinajstić information content (AvgIpc) is 2.90. The minimum atomic E-state index is -1.33. The van der Waals surface area contributed by atoms with Gasteiger partial charge in [-0.1, -0.05) is 114 Å². The van der Waals surface area contributed by atoms with E-state index in [4.69, 9.17) is 4.74 Å². The van der Waals surface area contributed by atoms with Crippen molar-refractivity contribution >= 4 is 12.0 Å². The van der Waals surface area contributed by atoms with Crippen molar-refractivity contribution in [3.8, 4) is 0 Å². The Morgan fingerprint density at radius 3 is 1.85 bits per heavy atom. The number of nitrogens with one attached hydrogen (secondary N) is 2.